The summed E-state index contributed by atoms with van der Waals surface area (Å²) in [5.74, 6) is 0.231. The van der Waals surface area contributed by atoms with Gasteiger partial charge in [-0.25, -0.2) is 9.79 Å². The quantitative estimate of drug-likeness (QED) is 0.284. The van der Waals surface area contributed by atoms with Gasteiger partial charge in [-0.3, -0.25) is 9.36 Å². The number of hydrogen-bond acceptors (Lipinski definition) is 8. The molecule has 0 amide bonds. The van der Waals surface area contributed by atoms with Crippen LogP contribution in [0.4, 0.5) is 0 Å². The van der Waals surface area contributed by atoms with Crippen LogP contribution < -0.4 is 24.4 Å². The van der Waals surface area contributed by atoms with Gasteiger partial charge in [0.1, 0.15) is 12.1 Å². The summed E-state index contributed by atoms with van der Waals surface area (Å²) >= 11 is 9.86. The Hall–Kier alpha value is -3.14. The second-order valence-corrected chi connectivity index (χ2v) is 10.5. The fraction of sp³-hybridized carbons (Fsp3) is 0.231. The smallest absolute Gasteiger partial charge is 0.338 e. The second-order valence-electron chi connectivity index (χ2n) is 7.80. The molecule has 190 valence electrons. The number of aromatic nitrogens is 1. The fourth-order valence-electron chi connectivity index (χ4n) is 4.03. The summed E-state index contributed by atoms with van der Waals surface area (Å²) in [5, 5.41) is 9.44. The Morgan fingerprint density at radius 2 is 2.11 bits per heavy atom. The molecule has 1 aromatic heterocycles. The molecular formula is C26H21ClIN3O5S. The number of benzene rings is 2. The molecule has 37 heavy (non-hydrogen) atoms. The Balaban J connectivity index is 1.99. The summed E-state index contributed by atoms with van der Waals surface area (Å²) in [6, 6.07) is 11.8. The Bertz CT molecular complexity index is 1640. The van der Waals surface area contributed by atoms with Crippen molar-refractivity contribution in [3.8, 4) is 17.6 Å². The molecule has 3 aromatic rings. The Morgan fingerprint density at radius 1 is 1.35 bits per heavy atom. The molecule has 0 bridgehead atoms. The van der Waals surface area contributed by atoms with Crippen molar-refractivity contribution in [1.82, 2.24) is 4.57 Å². The van der Waals surface area contributed by atoms with E-state index in [0.717, 1.165) is 3.57 Å². The maximum Gasteiger partial charge on any atom is 0.338 e. The van der Waals surface area contributed by atoms with Crippen LogP contribution in [0.25, 0.3) is 6.08 Å². The number of halogens is 2. The van der Waals surface area contributed by atoms with Crippen LogP contribution in [-0.4, -0.2) is 30.9 Å². The number of hydrogen-bond donors (Lipinski definition) is 0. The van der Waals surface area contributed by atoms with Gasteiger partial charge in [-0.1, -0.05) is 41.1 Å². The van der Waals surface area contributed by atoms with E-state index >= 15 is 0 Å². The molecule has 2 heterocycles. The normalized spacial score (nSPS) is 15.0. The third-order valence-electron chi connectivity index (χ3n) is 5.55. The highest BCUT2D eigenvalue weighted by Crippen LogP contribution is 2.35. The van der Waals surface area contributed by atoms with E-state index in [1.807, 2.05) is 12.1 Å². The van der Waals surface area contributed by atoms with E-state index in [1.54, 1.807) is 50.3 Å². The Labute approximate surface area is 235 Å². The average Bonchev–Trinajstić information content (AvgIpc) is 3.17. The van der Waals surface area contributed by atoms with Crippen molar-refractivity contribution in [2.24, 2.45) is 4.99 Å². The van der Waals surface area contributed by atoms with Gasteiger partial charge in [0.25, 0.3) is 5.56 Å². The van der Waals surface area contributed by atoms with E-state index in [4.69, 9.17) is 31.1 Å². The number of fused-ring (bicyclic) bond motifs is 1. The van der Waals surface area contributed by atoms with Crippen LogP contribution in [0, 0.1) is 14.9 Å². The molecule has 1 aliphatic heterocycles. The van der Waals surface area contributed by atoms with Crippen molar-refractivity contribution in [2.45, 2.75) is 19.9 Å². The topological polar surface area (TPSA) is 103 Å². The van der Waals surface area contributed by atoms with Gasteiger partial charge in [0.05, 0.1) is 29.5 Å². The van der Waals surface area contributed by atoms with Crippen molar-refractivity contribution < 1.29 is 19.0 Å². The number of nitrogens with zero attached hydrogens (tertiary/aromatic N) is 3. The molecular weight excluding hydrogens is 629 g/mol. The molecule has 0 radical (unpaired) electrons. The van der Waals surface area contributed by atoms with Gasteiger partial charge >= 0.3 is 5.97 Å². The Kier molecular flexibility index (Phi) is 8.36. The molecule has 0 spiro atoms. The van der Waals surface area contributed by atoms with Gasteiger partial charge in [0.2, 0.25) is 0 Å². The predicted octanol–water partition coefficient (Wildman–Crippen LogP) is 3.97. The minimum atomic E-state index is -0.814. The molecule has 0 saturated carbocycles. The summed E-state index contributed by atoms with van der Waals surface area (Å²) < 4.78 is 19.1. The first-order chi connectivity index (χ1) is 17.8. The lowest BCUT2D eigenvalue weighted by molar-refractivity contribution is -0.139. The summed E-state index contributed by atoms with van der Waals surface area (Å²) in [6.45, 7) is 3.42. The standard InChI is InChI=1S/C26H21ClIN3O5S/c1-4-35-25(33)21-14(2)30-26-31(22(21)17-7-5-6-8-18(17)27)24(32)20(37-26)12-15-11-16(28)13-19(34-3)23(15)36-10-9-29/h5-8,11-13,22H,4,10H2,1-3H3/b20-12-/t22-/m1/s1. The molecule has 1 aliphatic rings. The summed E-state index contributed by atoms with van der Waals surface area (Å²) in [7, 11) is 1.51. The highest BCUT2D eigenvalue weighted by atomic mass is 127. The number of methoxy groups -OCH3 is 1. The van der Waals surface area contributed by atoms with Crippen LogP contribution in [0.5, 0.6) is 11.5 Å². The van der Waals surface area contributed by atoms with Gasteiger partial charge in [-0.15, -0.1) is 0 Å². The third kappa shape index (κ3) is 5.30. The first-order valence-corrected chi connectivity index (χ1v) is 13.4. The lowest BCUT2D eigenvalue weighted by Gasteiger charge is -2.25. The number of thiazole rings is 1. The number of carbonyl (C=O) groups is 1. The van der Waals surface area contributed by atoms with E-state index in [9.17, 15) is 9.59 Å². The maximum absolute atomic E-state index is 13.8. The molecule has 0 fully saturated rings. The number of carbonyl (C=O) groups excluding carboxylic acids is 1. The highest BCUT2D eigenvalue weighted by Gasteiger charge is 2.34. The SMILES string of the molecule is CCOC(=O)C1=C(C)N=c2s/c(=C\c3cc(I)cc(OC)c3OCC#N)c(=O)n2[C@@H]1c1ccccc1Cl. The van der Waals surface area contributed by atoms with Crippen molar-refractivity contribution in [3.05, 3.63) is 87.1 Å². The molecule has 0 aliphatic carbocycles. The number of rotatable bonds is 7. The van der Waals surface area contributed by atoms with Crippen molar-refractivity contribution >= 4 is 57.6 Å². The zero-order chi connectivity index (χ0) is 26.7. The lowest BCUT2D eigenvalue weighted by atomic mass is 9.96. The van der Waals surface area contributed by atoms with Gasteiger partial charge in [0, 0.05) is 14.2 Å². The summed E-state index contributed by atoms with van der Waals surface area (Å²) in [4.78, 5) is 31.9. The van der Waals surface area contributed by atoms with E-state index in [-0.39, 0.29) is 24.3 Å². The molecule has 11 heteroatoms. The minimum absolute atomic E-state index is 0.176. The Morgan fingerprint density at radius 3 is 2.78 bits per heavy atom. The van der Waals surface area contributed by atoms with Gasteiger partial charge in [0.15, 0.2) is 22.9 Å². The van der Waals surface area contributed by atoms with Gasteiger partial charge < -0.3 is 14.2 Å². The second kappa shape index (κ2) is 11.5. The number of esters is 1. The zero-order valence-corrected chi connectivity index (χ0v) is 23.8. The lowest BCUT2D eigenvalue weighted by Crippen LogP contribution is -2.40. The third-order valence-corrected chi connectivity index (χ3v) is 7.50. The van der Waals surface area contributed by atoms with E-state index < -0.39 is 12.0 Å². The molecule has 2 aromatic carbocycles. The monoisotopic (exact) mass is 649 g/mol. The molecule has 0 saturated heterocycles. The molecule has 0 N–H and O–H groups in total. The van der Waals surface area contributed by atoms with Crippen LogP contribution in [0.2, 0.25) is 5.02 Å². The van der Waals surface area contributed by atoms with Crippen LogP contribution in [0.15, 0.2) is 57.5 Å². The highest BCUT2D eigenvalue weighted by molar-refractivity contribution is 14.1. The summed E-state index contributed by atoms with van der Waals surface area (Å²) in [6.07, 6.45) is 1.67. The minimum Gasteiger partial charge on any atom is -0.493 e. The van der Waals surface area contributed by atoms with Crippen molar-refractivity contribution in [3.63, 3.8) is 0 Å². The number of ether oxygens (including phenoxy) is 3. The van der Waals surface area contributed by atoms with E-state index in [0.29, 0.717) is 42.7 Å². The van der Waals surface area contributed by atoms with Crippen molar-refractivity contribution in [1.29, 1.82) is 5.26 Å². The number of nitriles is 1. The molecule has 1 atom stereocenters. The van der Waals surface area contributed by atoms with Crippen molar-refractivity contribution in [2.75, 3.05) is 20.3 Å². The fourth-order valence-corrected chi connectivity index (χ4v) is 5.93. The van der Waals surface area contributed by atoms with Gasteiger partial charge in [-0.2, -0.15) is 5.26 Å². The summed E-state index contributed by atoms with van der Waals surface area (Å²) in [5.41, 5.74) is 1.50. The van der Waals surface area contributed by atoms with Crippen LogP contribution in [0.3, 0.4) is 0 Å². The maximum atomic E-state index is 13.8. The first-order valence-electron chi connectivity index (χ1n) is 11.1. The molecule has 4 rings (SSSR count). The largest absolute Gasteiger partial charge is 0.493 e. The first kappa shape index (κ1) is 26.9. The number of allylic oxidation sites excluding steroid dienone is 1. The molecule has 0 unspecified atom stereocenters. The van der Waals surface area contributed by atoms with Crippen LogP contribution in [0.1, 0.15) is 31.0 Å². The van der Waals surface area contributed by atoms with Gasteiger partial charge in [-0.05, 0) is 66.3 Å². The predicted molar refractivity (Wildman–Crippen MR) is 149 cm³/mol. The van der Waals surface area contributed by atoms with Crippen LogP contribution in [-0.2, 0) is 9.53 Å². The van der Waals surface area contributed by atoms with E-state index in [2.05, 4.69) is 27.6 Å². The average molecular weight is 650 g/mol. The molecule has 8 nitrogen and oxygen atoms in total. The van der Waals surface area contributed by atoms with E-state index in [1.165, 1.54) is 23.0 Å². The zero-order valence-electron chi connectivity index (χ0n) is 20.1. The van der Waals surface area contributed by atoms with Crippen LogP contribution >= 0.6 is 45.5 Å².